The molecular weight excluding hydrogens is 374 g/mol. The predicted molar refractivity (Wildman–Crippen MR) is 91.4 cm³/mol. The Labute approximate surface area is 151 Å². The first-order valence-electron chi connectivity index (χ1n) is 6.95. The second kappa shape index (κ2) is 6.89. The number of hydrogen-bond acceptors (Lipinski definition) is 6. The summed E-state index contributed by atoms with van der Waals surface area (Å²) in [4.78, 5) is 16.1. The van der Waals surface area contributed by atoms with Gasteiger partial charge in [-0.25, -0.2) is 4.98 Å². The number of thioether (sulfide) groups is 1. The standard InChI is InChI=1S/C16H11ClF2N2O3S/c1-25-15(8-11(22)9-4-5-20-14(17)6-9)21-10-2-3-12-13(7-10)24-16(18,19)23-12/h2-8,21H,1H3/b15-8+. The number of nitrogens with one attached hydrogen (secondary N) is 1. The van der Waals surface area contributed by atoms with E-state index in [0.717, 1.165) is 0 Å². The number of pyridine rings is 1. The number of benzene rings is 1. The van der Waals surface area contributed by atoms with Crippen LogP contribution in [0.5, 0.6) is 11.5 Å². The first-order chi connectivity index (χ1) is 11.9. The van der Waals surface area contributed by atoms with E-state index in [1.807, 2.05) is 0 Å². The quantitative estimate of drug-likeness (QED) is 0.463. The van der Waals surface area contributed by atoms with Gasteiger partial charge < -0.3 is 14.8 Å². The van der Waals surface area contributed by atoms with Crippen LogP contribution in [-0.4, -0.2) is 23.3 Å². The number of carbonyl (C=O) groups excluding carboxylic acids is 1. The van der Waals surface area contributed by atoms with Gasteiger partial charge >= 0.3 is 6.29 Å². The number of allylic oxidation sites excluding steroid dienone is 1. The second-order valence-corrected chi connectivity index (χ2v) is 6.13. The summed E-state index contributed by atoms with van der Waals surface area (Å²) in [5.41, 5.74) is 0.861. The molecule has 0 spiro atoms. The highest BCUT2D eigenvalue weighted by Gasteiger charge is 2.43. The minimum absolute atomic E-state index is 0.0484. The molecule has 0 atom stereocenters. The second-order valence-electron chi connectivity index (χ2n) is 4.90. The molecule has 0 amide bonds. The summed E-state index contributed by atoms with van der Waals surface area (Å²) in [6.45, 7) is 0. The van der Waals surface area contributed by atoms with Crippen LogP contribution >= 0.6 is 23.4 Å². The fourth-order valence-corrected chi connectivity index (χ4v) is 2.69. The van der Waals surface area contributed by atoms with Crippen LogP contribution in [0.3, 0.4) is 0 Å². The minimum atomic E-state index is -3.67. The van der Waals surface area contributed by atoms with E-state index in [9.17, 15) is 13.6 Å². The molecule has 2 aromatic rings. The molecule has 25 heavy (non-hydrogen) atoms. The van der Waals surface area contributed by atoms with Crippen LogP contribution in [0.25, 0.3) is 0 Å². The Morgan fingerprint density at radius 1 is 1.28 bits per heavy atom. The molecule has 1 aromatic carbocycles. The summed E-state index contributed by atoms with van der Waals surface area (Å²) >= 11 is 7.06. The maximum Gasteiger partial charge on any atom is 0.586 e. The number of fused-ring (bicyclic) bond motifs is 1. The van der Waals surface area contributed by atoms with Gasteiger partial charge in [-0.2, -0.15) is 0 Å². The third-order valence-corrected chi connectivity index (χ3v) is 4.03. The number of aromatic nitrogens is 1. The van der Waals surface area contributed by atoms with E-state index >= 15 is 0 Å². The zero-order valence-corrected chi connectivity index (χ0v) is 14.3. The maximum atomic E-state index is 13.0. The number of anilines is 1. The van der Waals surface area contributed by atoms with Crippen molar-refractivity contribution in [2.75, 3.05) is 11.6 Å². The lowest BCUT2D eigenvalue weighted by Gasteiger charge is -2.09. The van der Waals surface area contributed by atoms with Gasteiger partial charge in [0.2, 0.25) is 0 Å². The van der Waals surface area contributed by atoms with Crippen molar-refractivity contribution >= 4 is 34.8 Å². The van der Waals surface area contributed by atoms with E-state index in [0.29, 0.717) is 16.3 Å². The van der Waals surface area contributed by atoms with Crippen molar-refractivity contribution < 1.29 is 23.0 Å². The van der Waals surface area contributed by atoms with E-state index in [-0.39, 0.29) is 22.4 Å². The average Bonchev–Trinajstić information content (AvgIpc) is 2.87. The number of hydrogen-bond donors (Lipinski definition) is 1. The fourth-order valence-electron chi connectivity index (χ4n) is 2.07. The van der Waals surface area contributed by atoms with Crippen LogP contribution in [0.15, 0.2) is 47.6 Å². The lowest BCUT2D eigenvalue weighted by atomic mass is 10.2. The smallest absolute Gasteiger partial charge is 0.395 e. The third-order valence-electron chi connectivity index (χ3n) is 3.16. The van der Waals surface area contributed by atoms with Crippen molar-refractivity contribution in [3.8, 4) is 11.5 Å². The molecule has 9 heteroatoms. The van der Waals surface area contributed by atoms with Crippen molar-refractivity contribution in [2.45, 2.75) is 6.29 Å². The Kier molecular flexibility index (Phi) is 4.82. The zero-order valence-electron chi connectivity index (χ0n) is 12.8. The van der Waals surface area contributed by atoms with Gasteiger partial charge in [-0.15, -0.1) is 20.5 Å². The topological polar surface area (TPSA) is 60.5 Å². The van der Waals surface area contributed by atoms with E-state index in [2.05, 4.69) is 19.8 Å². The molecule has 0 aliphatic carbocycles. The van der Waals surface area contributed by atoms with Crippen molar-refractivity contribution in [2.24, 2.45) is 0 Å². The van der Waals surface area contributed by atoms with Gasteiger partial charge in [-0.1, -0.05) is 11.6 Å². The lowest BCUT2D eigenvalue weighted by Crippen LogP contribution is -2.25. The molecule has 5 nitrogen and oxygen atoms in total. The van der Waals surface area contributed by atoms with Gasteiger partial charge in [-0.3, -0.25) is 4.79 Å². The van der Waals surface area contributed by atoms with E-state index in [1.165, 1.54) is 42.2 Å². The molecule has 0 saturated carbocycles. The predicted octanol–water partition coefficient (Wildman–Crippen LogP) is 4.56. The first-order valence-corrected chi connectivity index (χ1v) is 8.55. The SMILES string of the molecule is CS/C(=C/C(=O)c1ccnc(Cl)c1)Nc1ccc2c(c1)OC(F)(F)O2. The normalized spacial score (nSPS) is 15.1. The van der Waals surface area contributed by atoms with Crippen LogP contribution in [0.1, 0.15) is 10.4 Å². The van der Waals surface area contributed by atoms with Crippen molar-refractivity contribution in [1.29, 1.82) is 0 Å². The van der Waals surface area contributed by atoms with Crippen LogP contribution < -0.4 is 14.8 Å². The summed E-state index contributed by atoms with van der Waals surface area (Å²) < 4.78 is 34.8. The molecule has 130 valence electrons. The molecule has 1 aromatic heterocycles. The largest absolute Gasteiger partial charge is 0.586 e. The van der Waals surface area contributed by atoms with Gasteiger partial charge in [0, 0.05) is 29.6 Å². The Morgan fingerprint density at radius 3 is 2.76 bits per heavy atom. The highest BCUT2D eigenvalue weighted by Crippen LogP contribution is 2.42. The van der Waals surface area contributed by atoms with Gasteiger partial charge in [-0.05, 0) is 30.5 Å². The van der Waals surface area contributed by atoms with E-state index in [4.69, 9.17) is 11.6 Å². The number of alkyl halides is 2. The van der Waals surface area contributed by atoms with Gasteiger partial charge in [0.1, 0.15) is 5.15 Å². The Hall–Kier alpha value is -2.32. The van der Waals surface area contributed by atoms with Crippen LogP contribution in [-0.2, 0) is 0 Å². The Bertz CT molecular complexity index is 861. The van der Waals surface area contributed by atoms with Crippen LogP contribution in [0.2, 0.25) is 5.15 Å². The van der Waals surface area contributed by atoms with Crippen molar-refractivity contribution in [3.63, 3.8) is 0 Å². The molecule has 1 aliphatic heterocycles. The Balaban J connectivity index is 1.78. The van der Waals surface area contributed by atoms with Gasteiger partial charge in [0.25, 0.3) is 0 Å². The molecule has 3 rings (SSSR count). The fraction of sp³-hybridized carbons (Fsp3) is 0.125. The lowest BCUT2D eigenvalue weighted by molar-refractivity contribution is -0.286. The van der Waals surface area contributed by atoms with Crippen LogP contribution in [0, 0.1) is 0 Å². The Morgan fingerprint density at radius 2 is 2.04 bits per heavy atom. The number of ketones is 1. The molecule has 0 radical (unpaired) electrons. The van der Waals surface area contributed by atoms with Crippen molar-refractivity contribution in [1.82, 2.24) is 4.98 Å². The highest BCUT2D eigenvalue weighted by atomic mass is 35.5. The molecule has 0 fully saturated rings. The number of halogens is 3. The summed E-state index contributed by atoms with van der Waals surface area (Å²) in [6, 6.07) is 7.28. The number of nitrogens with zero attached hydrogens (tertiary/aromatic N) is 1. The summed E-state index contributed by atoms with van der Waals surface area (Å²) in [5, 5.41) is 3.71. The van der Waals surface area contributed by atoms with Gasteiger partial charge in [0.15, 0.2) is 17.3 Å². The van der Waals surface area contributed by atoms with Crippen LogP contribution in [0.4, 0.5) is 14.5 Å². The molecular formula is C16H11ClF2N2O3S. The zero-order chi connectivity index (χ0) is 18.0. The van der Waals surface area contributed by atoms with E-state index < -0.39 is 6.29 Å². The summed E-state index contributed by atoms with van der Waals surface area (Å²) in [6.07, 6.45) is 0.922. The van der Waals surface area contributed by atoms with E-state index in [1.54, 1.807) is 18.4 Å². The number of rotatable bonds is 5. The number of ether oxygens (including phenoxy) is 2. The molecule has 0 unspecified atom stereocenters. The molecule has 0 bridgehead atoms. The monoisotopic (exact) mass is 384 g/mol. The number of carbonyl (C=O) groups is 1. The van der Waals surface area contributed by atoms with Crippen molar-refractivity contribution in [3.05, 3.63) is 58.4 Å². The minimum Gasteiger partial charge on any atom is -0.395 e. The average molecular weight is 385 g/mol. The summed E-state index contributed by atoms with van der Waals surface area (Å²) in [7, 11) is 0. The maximum absolute atomic E-state index is 13.0. The summed E-state index contributed by atoms with van der Waals surface area (Å²) in [5.74, 6) is -0.399. The first kappa shape index (κ1) is 17.5. The molecule has 0 saturated heterocycles. The molecule has 1 N–H and O–H groups in total. The third kappa shape index (κ3) is 4.21. The molecule has 2 heterocycles. The van der Waals surface area contributed by atoms with Gasteiger partial charge in [0.05, 0.1) is 5.03 Å². The molecule has 1 aliphatic rings. The highest BCUT2D eigenvalue weighted by molar-refractivity contribution is 8.02.